The van der Waals surface area contributed by atoms with Crippen LogP contribution in [0.2, 0.25) is 0 Å². The van der Waals surface area contributed by atoms with Crippen molar-refractivity contribution in [1.82, 2.24) is 4.57 Å². The van der Waals surface area contributed by atoms with Crippen molar-refractivity contribution >= 4 is 17.5 Å². The lowest BCUT2D eigenvalue weighted by molar-refractivity contribution is -0.581. The molecule has 0 radical (unpaired) electrons. The zero-order valence-electron chi connectivity index (χ0n) is 27.0. The van der Waals surface area contributed by atoms with E-state index in [1.165, 1.54) is 44.8 Å². The van der Waals surface area contributed by atoms with Gasteiger partial charge in [0.05, 0.1) is 0 Å². The fraction of sp³-hybridized carbons (Fsp3) is 0.405. The van der Waals surface area contributed by atoms with E-state index in [1.54, 1.807) is 0 Å². The van der Waals surface area contributed by atoms with Crippen molar-refractivity contribution in [1.29, 1.82) is 0 Å². The molecule has 0 atom stereocenters. The van der Waals surface area contributed by atoms with Crippen molar-refractivity contribution in [2.45, 2.75) is 99.8 Å². The van der Waals surface area contributed by atoms with Crippen LogP contribution in [-0.2, 0) is 0 Å². The van der Waals surface area contributed by atoms with Crippen molar-refractivity contribution < 1.29 is 4.57 Å². The molecule has 1 N–H and O–H groups in total. The van der Waals surface area contributed by atoms with Gasteiger partial charge in [-0.1, -0.05) is 115 Å². The van der Waals surface area contributed by atoms with Gasteiger partial charge in [0.25, 0.3) is 0 Å². The van der Waals surface area contributed by atoms with E-state index >= 15 is 0 Å². The second kappa shape index (κ2) is 12.5. The van der Waals surface area contributed by atoms with Gasteiger partial charge in [-0.15, -0.1) is 0 Å². The summed E-state index contributed by atoms with van der Waals surface area (Å²) in [4.78, 5) is 5.38. The molecule has 4 rings (SSSR count). The number of hydrogen-bond acceptors (Lipinski definition) is 1. The van der Waals surface area contributed by atoms with Crippen LogP contribution in [0.1, 0.15) is 119 Å². The van der Waals surface area contributed by atoms with Gasteiger partial charge in [0.15, 0.2) is 5.84 Å². The number of imidazole rings is 1. The van der Waals surface area contributed by atoms with Crippen LogP contribution in [-0.4, -0.2) is 10.4 Å². The molecule has 216 valence electrons. The molecule has 1 heterocycles. The Labute approximate surface area is 248 Å². The second-order valence-corrected chi connectivity index (χ2v) is 12.6. The van der Waals surface area contributed by atoms with Crippen molar-refractivity contribution in [3.8, 4) is 11.4 Å². The lowest BCUT2D eigenvalue weighted by atomic mass is 9.92. The molecule has 0 aliphatic carbocycles. The monoisotopic (exact) mass is 549 g/mol. The number of nitrogens with one attached hydrogen (secondary N) is 1. The highest BCUT2D eigenvalue weighted by atomic mass is 15.3. The fourth-order valence-corrected chi connectivity index (χ4v) is 5.79. The second-order valence-electron chi connectivity index (χ2n) is 12.6. The van der Waals surface area contributed by atoms with Gasteiger partial charge < -0.3 is 5.32 Å². The van der Waals surface area contributed by atoms with Gasteiger partial charge in [0, 0.05) is 12.6 Å². The van der Waals surface area contributed by atoms with E-state index in [4.69, 9.17) is 4.99 Å². The Morgan fingerprint density at radius 3 is 1.59 bits per heavy atom. The Bertz CT molecular complexity index is 1400. The van der Waals surface area contributed by atoms with Gasteiger partial charge in [-0.25, -0.2) is 0 Å². The SMILES string of the molecule is C/C(=N\c1n(-c2c(C(C)C)cccc2C(C)C)cc[n+]1-c1c(C(C)C)cccc1C(C)C)Nc1c(C)cccc1C. The topological polar surface area (TPSA) is 33.2 Å². The Kier molecular flexibility index (Phi) is 9.21. The molecule has 0 fully saturated rings. The summed E-state index contributed by atoms with van der Waals surface area (Å²) in [7, 11) is 0. The summed E-state index contributed by atoms with van der Waals surface area (Å²) in [6, 6.07) is 19.9. The standard InChI is InChI=1S/C37H48N4/c1-23(2)30-17-13-18-31(24(3)4)35(30)40-21-22-41(36-32(25(5)6)19-14-20-33(36)26(7)8)37(40)39-29(11)38-34-27(9)15-12-16-28(34)10/h12-26H,1-11H3/p+1. The first-order valence-corrected chi connectivity index (χ1v) is 15.2. The predicted octanol–water partition coefficient (Wildman–Crippen LogP) is 10.0. The Hall–Kier alpha value is -3.66. The van der Waals surface area contributed by atoms with Crippen LogP contribution in [0.15, 0.2) is 72.0 Å². The molecule has 3 aromatic carbocycles. The molecule has 1 aromatic heterocycles. The number of nitrogens with zero attached hydrogens (tertiary/aromatic N) is 3. The van der Waals surface area contributed by atoms with Crippen LogP contribution in [0.5, 0.6) is 0 Å². The van der Waals surface area contributed by atoms with Gasteiger partial charge in [0.2, 0.25) is 0 Å². The van der Waals surface area contributed by atoms with Crippen molar-refractivity contribution in [3.63, 3.8) is 0 Å². The van der Waals surface area contributed by atoms with Crippen LogP contribution in [0.3, 0.4) is 0 Å². The van der Waals surface area contributed by atoms with E-state index in [0.717, 1.165) is 17.5 Å². The Balaban J connectivity index is 2.08. The molecule has 4 aromatic rings. The number of hydrogen-bond donors (Lipinski definition) is 1. The lowest BCUT2D eigenvalue weighted by Gasteiger charge is -2.19. The number of para-hydroxylation sites is 3. The first-order chi connectivity index (χ1) is 19.4. The first kappa shape index (κ1) is 30.3. The molecular formula is C37H49N4+. The zero-order valence-corrected chi connectivity index (χ0v) is 27.0. The minimum atomic E-state index is 0.374. The van der Waals surface area contributed by atoms with E-state index in [2.05, 4.69) is 158 Å². The Morgan fingerprint density at radius 1 is 0.683 bits per heavy atom. The number of amidine groups is 1. The summed E-state index contributed by atoms with van der Waals surface area (Å²) in [5.41, 5.74) is 11.3. The summed E-state index contributed by atoms with van der Waals surface area (Å²) in [5.74, 6) is 3.25. The number of aryl methyl sites for hydroxylation is 2. The molecule has 0 bridgehead atoms. The summed E-state index contributed by atoms with van der Waals surface area (Å²) >= 11 is 0. The number of aliphatic imine (C=N–C) groups is 1. The molecule has 0 aliphatic rings. The zero-order chi connectivity index (χ0) is 30.0. The maximum absolute atomic E-state index is 5.38. The molecule has 41 heavy (non-hydrogen) atoms. The van der Waals surface area contributed by atoms with Crippen LogP contribution in [0.4, 0.5) is 11.6 Å². The molecular weight excluding hydrogens is 500 g/mol. The van der Waals surface area contributed by atoms with Gasteiger partial charge in [-0.05, 0) is 70.9 Å². The van der Waals surface area contributed by atoms with Gasteiger partial charge in [-0.2, -0.15) is 9.13 Å². The van der Waals surface area contributed by atoms with Gasteiger partial charge >= 0.3 is 5.95 Å². The third-order valence-corrected chi connectivity index (χ3v) is 8.02. The van der Waals surface area contributed by atoms with Crippen LogP contribution >= 0.6 is 0 Å². The minimum absolute atomic E-state index is 0.374. The highest BCUT2D eigenvalue weighted by molar-refractivity contribution is 5.96. The molecule has 4 nitrogen and oxygen atoms in total. The number of aromatic nitrogens is 2. The fourth-order valence-electron chi connectivity index (χ4n) is 5.79. The van der Waals surface area contributed by atoms with E-state index in [9.17, 15) is 0 Å². The largest absolute Gasteiger partial charge is 0.410 e. The van der Waals surface area contributed by atoms with Crippen LogP contribution in [0, 0.1) is 13.8 Å². The van der Waals surface area contributed by atoms with Crippen LogP contribution in [0.25, 0.3) is 11.4 Å². The number of rotatable bonds is 8. The molecule has 4 heteroatoms. The molecule has 0 spiro atoms. The quantitative estimate of drug-likeness (QED) is 0.132. The third kappa shape index (κ3) is 6.17. The molecule has 0 unspecified atom stereocenters. The van der Waals surface area contributed by atoms with E-state index in [-0.39, 0.29) is 0 Å². The molecule has 0 amide bonds. The number of anilines is 1. The maximum atomic E-state index is 5.38. The average molecular weight is 550 g/mol. The maximum Gasteiger partial charge on any atom is 0.410 e. The lowest BCUT2D eigenvalue weighted by Crippen LogP contribution is -2.33. The summed E-state index contributed by atoms with van der Waals surface area (Å²) < 4.78 is 4.64. The molecule has 0 saturated heterocycles. The van der Waals surface area contributed by atoms with Crippen LogP contribution < -0.4 is 9.88 Å². The van der Waals surface area contributed by atoms with E-state index < -0.39 is 0 Å². The normalized spacial score (nSPS) is 12.3. The van der Waals surface area contributed by atoms with Crippen molar-refractivity contribution in [2.75, 3.05) is 5.32 Å². The smallest absolute Gasteiger partial charge is 0.330 e. The van der Waals surface area contributed by atoms with E-state index in [1.807, 2.05) is 0 Å². The summed E-state index contributed by atoms with van der Waals surface area (Å²) in [6.07, 6.45) is 4.42. The molecule has 0 saturated carbocycles. The van der Waals surface area contributed by atoms with Gasteiger partial charge in [0.1, 0.15) is 23.8 Å². The van der Waals surface area contributed by atoms with Gasteiger partial charge in [-0.3, -0.25) is 0 Å². The number of benzene rings is 3. The summed E-state index contributed by atoms with van der Waals surface area (Å²) in [6.45, 7) is 24.6. The molecule has 0 aliphatic heterocycles. The first-order valence-electron chi connectivity index (χ1n) is 15.2. The summed E-state index contributed by atoms with van der Waals surface area (Å²) in [5, 5.41) is 3.65. The van der Waals surface area contributed by atoms with E-state index in [0.29, 0.717) is 23.7 Å². The average Bonchev–Trinajstić information content (AvgIpc) is 3.32. The predicted molar refractivity (Wildman–Crippen MR) is 176 cm³/mol. The third-order valence-electron chi connectivity index (χ3n) is 8.02. The highest BCUT2D eigenvalue weighted by Crippen LogP contribution is 2.35. The minimum Gasteiger partial charge on any atom is -0.330 e. The van der Waals surface area contributed by atoms with Crippen molar-refractivity contribution in [3.05, 3.63) is 100 Å². The Morgan fingerprint density at radius 2 is 1.12 bits per heavy atom. The van der Waals surface area contributed by atoms with Crippen molar-refractivity contribution in [2.24, 2.45) is 4.99 Å². The highest BCUT2D eigenvalue weighted by Gasteiger charge is 2.29.